The molecule has 0 radical (unpaired) electrons. The number of ether oxygens (including phenoxy) is 1. The number of hydrogen-bond donors (Lipinski definition) is 2. The van der Waals surface area contributed by atoms with E-state index in [4.69, 9.17) is 22.1 Å². The second kappa shape index (κ2) is 6.50. The summed E-state index contributed by atoms with van der Waals surface area (Å²) in [7, 11) is 0. The molecule has 2 rings (SSSR count). The van der Waals surface area contributed by atoms with E-state index < -0.39 is 6.10 Å². The maximum absolute atomic E-state index is 12.1. The van der Waals surface area contributed by atoms with Crippen LogP contribution in [0.4, 0.5) is 11.4 Å². The number of amides is 1. The van der Waals surface area contributed by atoms with Crippen molar-refractivity contribution in [3.63, 3.8) is 0 Å². The quantitative estimate of drug-likeness (QED) is 0.848. The van der Waals surface area contributed by atoms with E-state index in [0.717, 1.165) is 5.56 Å². The van der Waals surface area contributed by atoms with Crippen molar-refractivity contribution in [1.82, 2.24) is 0 Å². The Labute approximate surface area is 128 Å². The summed E-state index contributed by atoms with van der Waals surface area (Å²) in [6.45, 7) is 3.63. The highest BCUT2D eigenvalue weighted by Gasteiger charge is 2.16. The average molecular weight is 305 g/mol. The number of halogens is 1. The smallest absolute Gasteiger partial charge is 0.265 e. The molecule has 0 aliphatic heterocycles. The lowest BCUT2D eigenvalue weighted by Crippen LogP contribution is -2.30. The lowest BCUT2D eigenvalue weighted by atomic mass is 10.2. The number of aryl methyl sites for hydroxylation is 1. The van der Waals surface area contributed by atoms with Crippen LogP contribution in [0, 0.1) is 6.92 Å². The van der Waals surface area contributed by atoms with Crippen molar-refractivity contribution in [3.8, 4) is 5.75 Å². The van der Waals surface area contributed by atoms with E-state index >= 15 is 0 Å². The van der Waals surface area contributed by atoms with Crippen molar-refractivity contribution < 1.29 is 9.53 Å². The molecule has 0 fully saturated rings. The summed E-state index contributed by atoms with van der Waals surface area (Å²) in [5, 5.41) is 3.20. The van der Waals surface area contributed by atoms with Crippen LogP contribution in [0.5, 0.6) is 5.75 Å². The molecule has 0 aliphatic rings. The Morgan fingerprint density at radius 1 is 1.29 bits per heavy atom. The van der Waals surface area contributed by atoms with E-state index in [1.54, 1.807) is 25.1 Å². The van der Waals surface area contributed by atoms with Gasteiger partial charge in [-0.25, -0.2) is 0 Å². The number of hydrogen-bond acceptors (Lipinski definition) is 3. The highest BCUT2D eigenvalue weighted by molar-refractivity contribution is 6.33. The maximum Gasteiger partial charge on any atom is 0.265 e. The number of rotatable bonds is 4. The number of carbonyl (C=O) groups is 1. The van der Waals surface area contributed by atoms with E-state index in [1.807, 2.05) is 31.2 Å². The van der Waals surface area contributed by atoms with Crippen molar-refractivity contribution in [1.29, 1.82) is 0 Å². The third-order valence-corrected chi connectivity index (χ3v) is 3.37. The first-order valence-electron chi connectivity index (χ1n) is 6.55. The largest absolute Gasteiger partial charge is 0.481 e. The minimum Gasteiger partial charge on any atom is -0.481 e. The molecule has 1 atom stereocenters. The third-order valence-electron chi connectivity index (χ3n) is 3.03. The van der Waals surface area contributed by atoms with Crippen molar-refractivity contribution in [3.05, 3.63) is 53.1 Å². The molecular weight excluding hydrogens is 288 g/mol. The van der Waals surface area contributed by atoms with Gasteiger partial charge in [-0.15, -0.1) is 0 Å². The van der Waals surface area contributed by atoms with E-state index in [2.05, 4.69) is 5.32 Å². The fourth-order valence-corrected chi connectivity index (χ4v) is 1.92. The van der Waals surface area contributed by atoms with Crippen LogP contribution < -0.4 is 15.8 Å². The first-order valence-corrected chi connectivity index (χ1v) is 6.93. The molecule has 4 nitrogen and oxygen atoms in total. The van der Waals surface area contributed by atoms with Crippen LogP contribution in [0.25, 0.3) is 0 Å². The number of anilines is 2. The van der Waals surface area contributed by atoms with Gasteiger partial charge in [-0.3, -0.25) is 4.79 Å². The zero-order valence-electron chi connectivity index (χ0n) is 11.9. The summed E-state index contributed by atoms with van der Waals surface area (Å²) in [6.07, 6.45) is -0.622. The molecule has 2 aromatic rings. The molecular formula is C16H17ClN2O2. The van der Waals surface area contributed by atoms with Crippen LogP contribution in [0.2, 0.25) is 5.02 Å². The molecule has 1 unspecified atom stereocenters. The minimum atomic E-state index is -0.622. The summed E-state index contributed by atoms with van der Waals surface area (Å²) in [4.78, 5) is 12.1. The summed E-state index contributed by atoms with van der Waals surface area (Å²) in [5.41, 5.74) is 7.68. The van der Waals surface area contributed by atoms with E-state index in [1.165, 1.54) is 0 Å². The predicted octanol–water partition coefficient (Wildman–Crippen LogP) is 3.64. The molecule has 5 heteroatoms. The molecule has 2 aromatic carbocycles. The maximum atomic E-state index is 12.1. The van der Waals surface area contributed by atoms with Crippen LogP contribution in [0.15, 0.2) is 42.5 Å². The topological polar surface area (TPSA) is 64.3 Å². The molecule has 1 amide bonds. The molecule has 110 valence electrons. The molecule has 0 aromatic heterocycles. The molecule has 0 spiro atoms. The second-order valence-corrected chi connectivity index (χ2v) is 5.16. The second-order valence-electron chi connectivity index (χ2n) is 4.75. The summed E-state index contributed by atoms with van der Waals surface area (Å²) < 4.78 is 5.66. The molecule has 0 saturated heterocycles. The van der Waals surface area contributed by atoms with Gasteiger partial charge in [0, 0.05) is 5.69 Å². The number of nitrogens with one attached hydrogen (secondary N) is 1. The lowest BCUT2D eigenvalue weighted by Gasteiger charge is -2.16. The zero-order valence-corrected chi connectivity index (χ0v) is 12.6. The van der Waals surface area contributed by atoms with Crippen molar-refractivity contribution in [2.24, 2.45) is 0 Å². The molecule has 0 saturated carbocycles. The van der Waals surface area contributed by atoms with Crippen LogP contribution in [-0.2, 0) is 4.79 Å². The fraction of sp³-hybridized carbons (Fsp3) is 0.188. The van der Waals surface area contributed by atoms with Gasteiger partial charge in [0.2, 0.25) is 0 Å². The Kier molecular flexibility index (Phi) is 4.70. The zero-order chi connectivity index (χ0) is 15.4. The first kappa shape index (κ1) is 15.2. The summed E-state index contributed by atoms with van der Waals surface area (Å²) in [6, 6.07) is 12.5. The number of nitrogen functional groups attached to an aromatic ring is 1. The van der Waals surface area contributed by atoms with Crippen molar-refractivity contribution in [2.45, 2.75) is 20.0 Å². The molecule has 0 bridgehead atoms. The van der Waals surface area contributed by atoms with Gasteiger partial charge < -0.3 is 15.8 Å². The van der Waals surface area contributed by atoms with Crippen LogP contribution in [0.1, 0.15) is 12.5 Å². The standard InChI is InChI=1S/C16H17ClN2O2/c1-10-5-3-4-6-15(10)21-11(2)16(20)19-12-7-8-13(17)14(18)9-12/h3-9,11H,18H2,1-2H3,(H,19,20). The van der Waals surface area contributed by atoms with E-state index in [0.29, 0.717) is 22.1 Å². The Morgan fingerprint density at radius 2 is 2.00 bits per heavy atom. The fourth-order valence-electron chi connectivity index (χ4n) is 1.80. The van der Waals surface area contributed by atoms with Gasteiger partial charge in [-0.05, 0) is 43.7 Å². The normalized spacial score (nSPS) is 11.8. The Morgan fingerprint density at radius 3 is 2.67 bits per heavy atom. The minimum absolute atomic E-state index is 0.250. The van der Waals surface area contributed by atoms with E-state index in [9.17, 15) is 4.79 Å². The molecule has 21 heavy (non-hydrogen) atoms. The highest BCUT2D eigenvalue weighted by Crippen LogP contribution is 2.23. The van der Waals surface area contributed by atoms with Gasteiger partial charge in [0.25, 0.3) is 5.91 Å². The number of nitrogens with two attached hydrogens (primary N) is 1. The van der Waals surface area contributed by atoms with Crippen LogP contribution in [0.3, 0.4) is 0 Å². The van der Waals surface area contributed by atoms with Crippen LogP contribution in [-0.4, -0.2) is 12.0 Å². The number of benzene rings is 2. The average Bonchev–Trinajstić information content (AvgIpc) is 2.45. The monoisotopic (exact) mass is 304 g/mol. The van der Waals surface area contributed by atoms with Crippen LogP contribution >= 0.6 is 11.6 Å². The molecule has 0 aliphatic carbocycles. The van der Waals surface area contributed by atoms with Crippen molar-refractivity contribution >= 4 is 28.9 Å². The van der Waals surface area contributed by atoms with Gasteiger partial charge in [0.05, 0.1) is 10.7 Å². The lowest BCUT2D eigenvalue weighted by molar-refractivity contribution is -0.122. The summed E-state index contributed by atoms with van der Waals surface area (Å²) in [5.74, 6) is 0.441. The number of para-hydroxylation sites is 1. The van der Waals surface area contributed by atoms with Gasteiger partial charge in [0.1, 0.15) is 5.75 Å². The third kappa shape index (κ3) is 3.89. The Bertz CT molecular complexity index is 658. The van der Waals surface area contributed by atoms with E-state index in [-0.39, 0.29) is 5.91 Å². The first-order chi connectivity index (χ1) is 9.97. The van der Waals surface area contributed by atoms with Gasteiger partial charge in [-0.2, -0.15) is 0 Å². The Balaban J connectivity index is 2.02. The molecule has 3 N–H and O–H groups in total. The Hall–Kier alpha value is -2.20. The predicted molar refractivity (Wildman–Crippen MR) is 85.8 cm³/mol. The number of carbonyl (C=O) groups excluding carboxylic acids is 1. The summed E-state index contributed by atoms with van der Waals surface area (Å²) >= 11 is 5.84. The van der Waals surface area contributed by atoms with Gasteiger partial charge in [0.15, 0.2) is 6.10 Å². The van der Waals surface area contributed by atoms with Crippen molar-refractivity contribution in [2.75, 3.05) is 11.1 Å². The highest BCUT2D eigenvalue weighted by atomic mass is 35.5. The SMILES string of the molecule is Cc1ccccc1OC(C)C(=O)Nc1ccc(Cl)c(N)c1. The van der Waals surface area contributed by atoms with Gasteiger partial charge >= 0.3 is 0 Å². The molecule has 0 heterocycles. The van der Waals surface area contributed by atoms with Gasteiger partial charge in [-0.1, -0.05) is 29.8 Å².